The van der Waals surface area contributed by atoms with Crippen molar-refractivity contribution in [3.63, 3.8) is 0 Å². The monoisotopic (exact) mass is 483 g/mol. The number of hydrogen-bond acceptors (Lipinski definition) is 9. The number of amides is 2. The van der Waals surface area contributed by atoms with Gasteiger partial charge in [0.1, 0.15) is 11.2 Å². The van der Waals surface area contributed by atoms with Crippen LogP contribution in [-0.2, 0) is 35.2 Å². The lowest BCUT2D eigenvalue weighted by atomic mass is 10.0. The zero-order chi connectivity index (χ0) is 25.9. The number of carbonyl (C=O) groups is 5. The number of benzene rings is 2. The first-order chi connectivity index (χ1) is 16.5. The molecule has 3 aromatic rings. The molecule has 0 aliphatic carbocycles. The maximum absolute atomic E-state index is 12.7. The van der Waals surface area contributed by atoms with Gasteiger partial charge in [0.25, 0.3) is 5.91 Å². The predicted octanol–water partition coefficient (Wildman–Crippen LogP) is 0.729. The lowest BCUT2D eigenvalue weighted by Crippen LogP contribution is -2.49. The molecule has 182 valence electrons. The molecule has 2 aromatic carbocycles. The molecule has 12 heteroatoms. The fraction of sp³-hybridized carbons (Fsp3) is 0.217. The number of hydrogen-bond donors (Lipinski definition) is 4. The first-order valence-electron chi connectivity index (χ1n) is 10.2. The smallest absolute Gasteiger partial charge is 0.349 e. The molecule has 0 aliphatic heterocycles. The third kappa shape index (κ3) is 5.43. The van der Waals surface area contributed by atoms with Crippen LogP contribution in [-0.4, -0.2) is 47.0 Å². The number of nitrogens with one attached hydrogen (secondary N) is 2. The van der Waals surface area contributed by atoms with Crippen LogP contribution in [0.4, 0.5) is 0 Å². The highest BCUT2D eigenvalue weighted by molar-refractivity contribution is 6.06. The van der Waals surface area contributed by atoms with Crippen molar-refractivity contribution in [3.05, 3.63) is 52.9 Å². The van der Waals surface area contributed by atoms with Crippen molar-refractivity contribution in [3.8, 4) is 0 Å². The lowest BCUT2D eigenvalue weighted by Gasteiger charge is -2.22. The van der Waals surface area contributed by atoms with Crippen LogP contribution in [0.1, 0.15) is 29.8 Å². The first kappa shape index (κ1) is 24.9. The molecule has 5 N–H and O–H groups in total. The number of rotatable bonds is 8. The standard InChI is InChI=1S/C23H21N3O9/c1-10(27)33-19(20(23(31)32)34-11(2)28)22(30)26-9-12-6-7-15-14(8-12)18(24)17-13(21(25)29)4-3-5-16(17)35-15/h3-8,19-20,24H,9H2,1-2H3,(H2,25,29)(H,26,30)(H,31,32). The minimum Gasteiger partial charge on any atom is -0.478 e. The summed E-state index contributed by atoms with van der Waals surface area (Å²) in [5.41, 5.74) is 6.66. The Labute approximate surface area is 197 Å². The molecule has 12 nitrogen and oxygen atoms in total. The van der Waals surface area contributed by atoms with Crippen LogP contribution in [0.15, 0.2) is 40.8 Å². The van der Waals surface area contributed by atoms with Gasteiger partial charge in [0, 0.05) is 25.8 Å². The van der Waals surface area contributed by atoms with E-state index in [1.54, 1.807) is 30.3 Å². The second-order valence-electron chi connectivity index (χ2n) is 7.47. The Morgan fingerprint density at radius 2 is 1.69 bits per heavy atom. The quantitative estimate of drug-likeness (QED) is 0.263. The van der Waals surface area contributed by atoms with Crippen LogP contribution in [0.25, 0.3) is 21.9 Å². The second kappa shape index (κ2) is 10.0. The molecule has 2 unspecified atom stereocenters. The van der Waals surface area contributed by atoms with Gasteiger partial charge in [-0.2, -0.15) is 0 Å². The zero-order valence-electron chi connectivity index (χ0n) is 18.6. The lowest BCUT2D eigenvalue weighted by molar-refractivity contribution is -0.180. The minimum absolute atomic E-state index is 0.0117. The third-order valence-electron chi connectivity index (χ3n) is 4.90. The minimum atomic E-state index is -2.05. The summed E-state index contributed by atoms with van der Waals surface area (Å²) >= 11 is 0. The van der Waals surface area contributed by atoms with Crippen molar-refractivity contribution in [2.24, 2.45) is 5.73 Å². The van der Waals surface area contributed by atoms with E-state index in [-0.39, 0.29) is 22.9 Å². The zero-order valence-corrected chi connectivity index (χ0v) is 18.6. The molecule has 0 fully saturated rings. The fourth-order valence-corrected chi connectivity index (χ4v) is 3.45. The van der Waals surface area contributed by atoms with E-state index in [2.05, 4.69) is 10.1 Å². The largest absolute Gasteiger partial charge is 0.478 e. The van der Waals surface area contributed by atoms with Gasteiger partial charge in [-0.05, 0) is 29.8 Å². The van der Waals surface area contributed by atoms with Gasteiger partial charge in [-0.1, -0.05) is 12.1 Å². The number of carboxylic acid groups (broad SMARTS) is 1. The average Bonchev–Trinajstić information content (AvgIpc) is 2.79. The van der Waals surface area contributed by atoms with Gasteiger partial charge in [-0.3, -0.25) is 24.6 Å². The molecule has 2 amide bonds. The van der Waals surface area contributed by atoms with Gasteiger partial charge in [-0.15, -0.1) is 0 Å². The van der Waals surface area contributed by atoms with E-state index in [4.69, 9.17) is 20.3 Å². The van der Waals surface area contributed by atoms with Crippen molar-refractivity contribution < 1.29 is 43.0 Å². The second-order valence-corrected chi connectivity index (χ2v) is 7.47. The van der Waals surface area contributed by atoms with Crippen LogP contribution < -0.4 is 16.4 Å². The highest BCUT2D eigenvalue weighted by Gasteiger charge is 2.39. The highest BCUT2D eigenvalue weighted by Crippen LogP contribution is 2.22. The number of esters is 2. The number of fused-ring (bicyclic) bond motifs is 2. The molecular weight excluding hydrogens is 462 g/mol. The van der Waals surface area contributed by atoms with Gasteiger partial charge < -0.3 is 30.0 Å². The van der Waals surface area contributed by atoms with Crippen molar-refractivity contribution in [1.82, 2.24) is 5.32 Å². The van der Waals surface area contributed by atoms with E-state index in [0.29, 0.717) is 22.1 Å². The molecule has 0 saturated carbocycles. The number of primary amides is 1. The summed E-state index contributed by atoms with van der Waals surface area (Å²) in [4.78, 5) is 58.6. The van der Waals surface area contributed by atoms with Crippen LogP contribution in [0, 0.1) is 5.41 Å². The third-order valence-corrected chi connectivity index (χ3v) is 4.90. The maximum atomic E-state index is 12.7. The molecule has 0 radical (unpaired) electrons. The fourth-order valence-electron chi connectivity index (χ4n) is 3.45. The van der Waals surface area contributed by atoms with Crippen molar-refractivity contribution in [1.29, 1.82) is 5.41 Å². The molecule has 0 saturated heterocycles. The van der Waals surface area contributed by atoms with Gasteiger partial charge in [0.05, 0.1) is 16.3 Å². The Bertz CT molecular complexity index is 1430. The molecule has 1 aromatic heterocycles. The first-order valence-corrected chi connectivity index (χ1v) is 10.2. The van der Waals surface area contributed by atoms with E-state index >= 15 is 0 Å². The van der Waals surface area contributed by atoms with Crippen molar-refractivity contribution >= 4 is 51.7 Å². The molecule has 0 aliphatic rings. The number of nitrogens with two attached hydrogens (primary N) is 1. The molecule has 0 spiro atoms. The number of carbonyl (C=O) groups excluding carboxylic acids is 4. The van der Waals surface area contributed by atoms with E-state index in [1.165, 1.54) is 6.07 Å². The summed E-state index contributed by atoms with van der Waals surface area (Å²) in [7, 11) is 0. The number of aliphatic carboxylic acids is 1. The Morgan fingerprint density at radius 3 is 2.29 bits per heavy atom. The summed E-state index contributed by atoms with van der Waals surface area (Å²) in [5.74, 6) is -5.35. The van der Waals surface area contributed by atoms with E-state index in [1.807, 2.05) is 0 Å². The summed E-state index contributed by atoms with van der Waals surface area (Å²) in [6.45, 7) is 1.76. The number of ether oxygens (including phenoxy) is 2. The van der Waals surface area contributed by atoms with Crippen LogP contribution in [0.5, 0.6) is 0 Å². The van der Waals surface area contributed by atoms with Gasteiger partial charge in [0.2, 0.25) is 18.1 Å². The predicted molar refractivity (Wildman–Crippen MR) is 119 cm³/mol. The Hall–Kier alpha value is -4.74. The summed E-state index contributed by atoms with van der Waals surface area (Å²) in [5, 5.41) is 20.9. The average molecular weight is 483 g/mol. The van der Waals surface area contributed by atoms with Crippen LogP contribution in [0.2, 0.25) is 0 Å². The molecule has 3 rings (SSSR count). The topological polar surface area (TPSA) is 199 Å². The summed E-state index contributed by atoms with van der Waals surface area (Å²) in [6.07, 6.45) is -3.98. The van der Waals surface area contributed by atoms with Crippen molar-refractivity contribution in [2.75, 3.05) is 0 Å². The SMILES string of the molecule is CC(=O)OC(C(=O)O)C(OC(C)=O)C(=O)NCc1ccc2oc3cccc(C(N)=O)c3c(=N)c2c1. The summed E-state index contributed by atoms with van der Waals surface area (Å²) < 4.78 is 15.2. The van der Waals surface area contributed by atoms with Crippen LogP contribution >= 0.6 is 0 Å². The maximum Gasteiger partial charge on any atom is 0.349 e. The number of carboxylic acids is 1. The summed E-state index contributed by atoms with van der Waals surface area (Å²) in [6, 6.07) is 9.36. The van der Waals surface area contributed by atoms with E-state index in [9.17, 15) is 29.1 Å². The van der Waals surface area contributed by atoms with Crippen molar-refractivity contribution in [2.45, 2.75) is 32.6 Å². The Kier molecular flexibility index (Phi) is 7.14. The highest BCUT2D eigenvalue weighted by atomic mass is 16.6. The van der Waals surface area contributed by atoms with Gasteiger partial charge in [-0.25, -0.2) is 4.79 Å². The molecule has 0 bridgehead atoms. The van der Waals surface area contributed by atoms with Gasteiger partial charge >= 0.3 is 17.9 Å². The van der Waals surface area contributed by atoms with Gasteiger partial charge in [0.15, 0.2) is 0 Å². The Morgan fingerprint density at radius 1 is 1.03 bits per heavy atom. The molecule has 2 atom stereocenters. The molecular formula is C23H21N3O9. The normalized spacial score (nSPS) is 12.5. The molecule has 1 heterocycles. The molecule has 35 heavy (non-hydrogen) atoms. The van der Waals surface area contributed by atoms with E-state index < -0.39 is 41.9 Å². The van der Waals surface area contributed by atoms with Crippen LogP contribution in [0.3, 0.4) is 0 Å². The van der Waals surface area contributed by atoms with E-state index in [0.717, 1.165) is 13.8 Å². The Balaban J connectivity index is 1.92.